The number of nitrogens with zero attached hydrogens (tertiary/aromatic N) is 2. The molecule has 0 bridgehead atoms. The van der Waals surface area contributed by atoms with Gasteiger partial charge in [0.25, 0.3) is 0 Å². The Morgan fingerprint density at radius 1 is 1.10 bits per heavy atom. The van der Waals surface area contributed by atoms with Crippen LogP contribution in [0.3, 0.4) is 0 Å². The molecular formula is C21H18Cl2N2O4S. The molecule has 1 aromatic heterocycles. The molecule has 6 nitrogen and oxygen atoms in total. The third-order valence-corrected chi connectivity index (χ3v) is 7.69. The van der Waals surface area contributed by atoms with Gasteiger partial charge in [-0.3, -0.25) is 4.98 Å². The molecule has 0 N–H and O–H groups in total. The zero-order valence-electron chi connectivity index (χ0n) is 16.1. The molecule has 30 heavy (non-hydrogen) atoms. The summed E-state index contributed by atoms with van der Waals surface area (Å²) in [5.41, 5.74) is 1.02. The van der Waals surface area contributed by atoms with Crippen LogP contribution in [-0.2, 0) is 10.0 Å². The summed E-state index contributed by atoms with van der Waals surface area (Å²) in [6.07, 6.45) is 3.20. The standard InChI is InChI=1S/C21H18Cl2N2O4S/c1-13-6-7-14(11-18(13)30(27,28)25-9-2-3-10-25)21(26)29-20-17(23)12-16(22)15-5-4-8-24-19(15)20/h4-8,11-12H,2-3,9-10H2,1H3. The van der Waals surface area contributed by atoms with Crippen molar-refractivity contribution in [1.29, 1.82) is 0 Å². The SMILES string of the molecule is Cc1ccc(C(=O)Oc2c(Cl)cc(Cl)c3cccnc23)cc1S(=O)(=O)N1CCCC1. The van der Waals surface area contributed by atoms with Gasteiger partial charge in [-0.15, -0.1) is 0 Å². The van der Waals surface area contributed by atoms with Crippen molar-refractivity contribution in [3.8, 4) is 5.75 Å². The molecule has 1 aliphatic rings. The number of esters is 1. The molecule has 0 aliphatic carbocycles. The third kappa shape index (κ3) is 3.78. The van der Waals surface area contributed by atoms with E-state index in [1.807, 2.05) is 0 Å². The second kappa shape index (κ2) is 8.15. The Morgan fingerprint density at radius 3 is 2.57 bits per heavy atom. The first-order chi connectivity index (χ1) is 14.3. The first kappa shape index (κ1) is 21.1. The molecule has 0 saturated carbocycles. The van der Waals surface area contributed by atoms with E-state index in [-0.39, 0.29) is 21.2 Å². The molecule has 9 heteroatoms. The number of fused-ring (bicyclic) bond motifs is 1. The van der Waals surface area contributed by atoms with Gasteiger partial charge in [-0.2, -0.15) is 4.31 Å². The lowest BCUT2D eigenvalue weighted by Crippen LogP contribution is -2.28. The number of hydrogen-bond acceptors (Lipinski definition) is 5. The number of pyridine rings is 1. The van der Waals surface area contributed by atoms with Gasteiger partial charge in [0.1, 0.15) is 5.52 Å². The Labute approximate surface area is 184 Å². The Balaban J connectivity index is 1.71. The van der Waals surface area contributed by atoms with E-state index in [2.05, 4.69) is 4.98 Å². The average Bonchev–Trinajstić information content (AvgIpc) is 3.27. The maximum atomic E-state index is 13.0. The van der Waals surface area contributed by atoms with Gasteiger partial charge in [0.15, 0.2) is 5.75 Å². The molecule has 4 rings (SSSR count). The molecule has 2 aromatic carbocycles. The molecule has 0 radical (unpaired) electrons. The van der Waals surface area contributed by atoms with Crippen LogP contribution in [0.1, 0.15) is 28.8 Å². The summed E-state index contributed by atoms with van der Waals surface area (Å²) in [4.78, 5) is 17.2. The number of rotatable bonds is 4. The van der Waals surface area contributed by atoms with Crippen LogP contribution < -0.4 is 4.74 Å². The van der Waals surface area contributed by atoms with Crippen LogP contribution >= 0.6 is 23.2 Å². The Morgan fingerprint density at radius 2 is 1.83 bits per heavy atom. The van der Waals surface area contributed by atoms with E-state index < -0.39 is 16.0 Å². The fraction of sp³-hybridized carbons (Fsp3) is 0.238. The van der Waals surface area contributed by atoms with E-state index in [0.29, 0.717) is 34.6 Å². The van der Waals surface area contributed by atoms with Gasteiger partial charge in [0, 0.05) is 24.7 Å². The molecule has 3 aromatic rings. The Hall–Kier alpha value is -2.19. The average molecular weight is 465 g/mol. The van der Waals surface area contributed by atoms with Crippen LogP contribution in [0, 0.1) is 6.92 Å². The number of sulfonamides is 1. The fourth-order valence-corrected chi connectivity index (χ4v) is 5.79. The van der Waals surface area contributed by atoms with Gasteiger partial charge < -0.3 is 4.74 Å². The number of ether oxygens (including phenoxy) is 1. The normalized spacial score (nSPS) is 14.9. The molecule has 0 atom stereocenters. The number of hydrogen-bond donors (Lipinski definition) is 0. The van der Waals surface area contributed by atoms with Crippen molar-refractivity contribution in [1.82, 2.24) is 9.29 Å². The smallest absolute Gasteiger partial charge is 0.343 e. The summed E-state index contributed by atoms with van der Waals surface area (Å²) >= 11 is 12.5. The number of carbonyl (C=O) groups excluding carboxylic acids is 1. The number of carbonyl (C=O) groups is 1. The van der Waals surface area contributed by atoms with Crippen molar-refractivity contribution in [2.45, 2.75) is 24.7 Å². The first-order valence-electron chi connectivity index (χ1n) is 9.35. The summed E-state index contributed by atoms with van der Waals surface area (Å²) in [5.74, 6) is -0.657. The highest BCUT2D eigenvalue weighted by Gasteiger charge is 2.29. The minimum atomic E-state index is -3.68. The number of halogens is 2. The van der Waals surface area contributed by atoms with E-state index in [0.717, 1.165) is 12.8 Å². The highest BCUT2D eigenvalue weighted by atomic mass is 35.5. The maximum Gasteiger partial charge on any atom is 0.343 e. The third-order valence-electron chi connectivity index (χ3n) is 5.05. The first-order valence-corrected chi connectivity index (χ1v) is 11.5. The van der Waals surface area contributed by atoms with Crippen molar-refractivity contribution in [2.24, 2.45) is 0 Å². The van der Waals surface area contributed by atoms with Crippen LogP contribution in [0.2, 0.25) is 10.0 Å². The highest BCUT2D eigenvalue weighted by Crippen LogP contribution is 2.37. The Bertz CT molecular complexity index is 1260. The van der Waals surface area contributed by atoms with Gasteiger partial charge >= 0.3 is 5.97 Å². The topological polar surface area (TPSA) is 76.6 Å². The highest BCUT2D eigenvalue weighted by molar-refractivity contribution is 7.89. The fourth-order valence-electron chi connectivity index (χ4n) is 3.47. The van der Waals surface area contributed by atoms with Gasteiger partial charge in [-0.1, -0.05) is 29.3 Å². The van der Waals surface area contributed by atoms with E-state index >= 15 is 0 Å². The molecule has 156 valence electrons. The minimum absolute atomic E-state index is 0.0752. The summed E-state index contributed by atoms with van der Waals surface area (Å²) in [7, 11) is -3.68. The van der Waals surface area contributed by atoms with Gasteiger partial charge in [-0.05, 0) is 55.7 Å². The van der Waals surface area contributed by atoms with Crippen LogP contribution in [0.25, 0.3) is 10.9 Å². The second-order valence-electron chi connectivity index (χ2n) is 7.05. The summed E-state index contributed by atoms with van der Waals surface area (Å²) < 4.78 is 32.9. The Kier molecular flexibility index (Phi) is 5.72. The van der Waals surface area contributed by atoms with Crippen LogP contribution in [-0.4, -0.2) is 36.8 Å². The zero-order chi connectivity index (χ0) is 21.5. The van der Waals surface area contributed by atoms with Crippen molar-refractivity contribution in [3.63, 3.8) is 0 Å². The molecule has 0 unspecified atom stereocenters. The lowest BCUT2D eigenvalue weighted by Gasteiger charge is -2.18. The zero-order valence-corrected chi connectivity index (χ0v) is 18.4. The molecule has 0 amide bonds. The predicted octanol–water partition coefficient (Wildman–Crippen LogP) is 4.85. The van der Waals surface area contributed by atoms with Gasteiger partial charge in [0.2, 0.25) is 10.0 Å². The second-order valence-corrected chi connectivity index (χ2v) is 9.77. The quantitative estimate of drug-likeness (QED) is 0.407. The van der Waals surface area contributed by atoms with E-state index in [9.17, 15) is 13.2 Å². The summed E-state index contributed by atoms with van der Waals surface area (Å²) in [5, 5.41) is 1.11. The van der Waals surface area contributed by atoms with Crippen molar-refractivity contribution < 1.29 is 17.9 Å². The van der Waals surface area contributed by atoms with Crippen LogP contribution in [0.15, 0.2) is 47.5 Å². The molecule has 1 aliphatic heterocycles. The number of aryl methyl sites for hydroxylation is 1. The molecule has 1 saturated heterocycles. The van der Waals surface area contributed by atoms with Crippen molar-refractivity contribution in [2.75, 3.05) is 13.1 Å². The monoisotopic (exact) mass is 464 g/mol. The summed E-state index contributed by atoms with van der Waals surface area (Å²) in [6.45, 7) is 2.66. The molecule has 1 fully saturated rings. The van der Waals surface area contributed by atoms with E-state index in [4.69, 9.17) is 27.9 Å². The van der Waals surface area contributed by atoms with Crippen LogP contribution in [0.4, 0.5) is 0 Å². The molecule has 2 heterocycles. The maximum absolute atomic E-state index is 13.0. The minimum Gasteiger partial charge on any atom is -0.419 e. The lowest BCUT2D eigenvalue weighted by molar-refractivity contribution is 0.0736. The molecular weight excluding hydrogens is 447 g/mol. The molecule has 0 spiro atoms. The summed E-state index contributed by atoms with van der Waals surface area (Å²) in [6, 6.07) is 9.41. The van der Waals surface area contributed by atoms with Gasteiger partial charge in [-0.25, -0.2) is 13.2 Å². The number of aromatic nitrogens is 1. The van der Waals surface area contributed by atoms with Crippen molar-refractivity contribution in [3.05, 3.63) is 63.8 Å². The lowest BCUT2D eigenvalue weighted by atomic mass is 10.1. The van der Waals surface area contributed by atoms with E-state index in [1.165, 1.54) is 22.5 Å². The predicted molar refractivity (Wildman–Crippen MR) is 116 cm³/mol. The van der Waals surface area contributed by atoms with E-state index in [1.54, 1.807) is 31.3 Å². The largest absolute Gasteiger partial charge is 0.419 e. The number of benzene rings is 2. The van der Waals surface area contributed by atoms with Crippen molar-refractivity contribution >= 4 is 50.1 Å². The van der Waals surface area contributed by atoms with Crippen LogP contribution in [0.5, 0.6) is 5.75 Å². The van der Waals surface area contributed by atoms with Gasteiger partial charge in [0.05, 0.1) is 20.5 Å².